The smallest absolute Gasteiger partial charge is 0.407 e. The van der Waals surface area contributed by atoms with Gasteiger partial charge in [0, 0.05) is 6.54 Å². The van der Waals surface area contributed by atoms with Crippen molar-refractivity contribution in [2.45, 2.75) is 45.8 Å². The summed E-state index contributed by atoms with van der Waals surface area (Å²) in [5.41, 5.74) is 3.79. The number of hydroxylamine groups is 1. The van der Waals surface area contributed by atoms with Crippen molar-refractivity contribution >= 4 is 12.0 Å². The van der Waals surface area contributed by atoms with Gasteiger partial charge in [0.25, 0.3) is 0 Å². The minimum absolute atomic E-state index is 0.215. The van der Waals surface area contributed by atoms with Crippen molar-refractivity contribution in [1.29, 1.82) is 0 Å². The molecule has 0 aromatic heterocycles. The summed E-state index contributed by atoms with van der Waals surface area (Å²) in [4.78, 5) is 28.7. The normalized spacial score (nSPS) is 10.9. The van der Waals surface area contributed by atoms with E-state index in [1.165, 1.54) is 0 Å². The molecule has 0 spiro atoms. The molecule has 0 aliphatic carbocycles. The highest BCUT2D eigenvalue weighted by molar-refractivity contribution is 5.77. The maximum absolute atomic E-state index is 12.0. The van der Waals surface area contributed by atoms with E-state index in [1.807, 2.05) is 75.4 Å². The molecular weight excluding hydrogens is 384 g/mol. The summed E-state index contributed by atoms with van der Waals surface area (Å²) in [5, 5.41) is 2.69. The van der Waals surface area contributed by atoms with Gasteiger partial charge in [0.15, 0.2) is 0 Å². The molecule has 0 atom stereocenters. The number of rotatable bonds is 10. The van der Waals surface area contributed by atoms with Gasteiger partial charge in [-0.3, -0.25) is 9.63 Å². The second kappa shape index (κ2) is 11.8. The van der Waals surface area contributed by atoms with Crippen molar-refractivity contribution in [3.8, 4) is 5.75 Å². The van der Waals surface area contributed by atoms with Crippen molar-refractivity contribution in [3.63, 3.8) is 0 Å². The molecule has 0 saturated carbocycles. The van der Waals surface area contributed by atoms with Crippen molar-refractivity contribution < 1.29 is 23.9 Å². The summed E-state index contributed by atoms with van der Waals surface area (Å²) in [7, 11) is 0. The number of carbonyl (C=O) groups is 2. The summed E-state index contributed by atoms with van der Waals surface area (Å²) < 4.78 is 10.8. The molecule has 0 fully saturated rings. The van der Waals surface area contributed by atoms with Crippen LogP contribution in [0.5, 0.6) is 5.75 Å². The minimum atomic E-state index is -0.507. The Morgan fingerprint density at radius 2 is 1.63 bits per heavy atom. The van der Waals surface area contributed by atoms with E-state index in [4.69, 9.17) is 14.3 Å². The summed E-state index contributed by atoms with van der Waals surface area (Å²) in [5.74, 6) is 0.490. The Hall–Kier alpha value is -3.06. The Kier molecular flexibility index (Phi) is 9.15. The molecule has 2 aromatic carbocycles. The maximum Gasteiger partial charge on any atom is 0.407 e. The van der Waals surface area contributed by atoms with Gasteiger partial charge in [0.05, 0.1) is 19.6 Å². The van der Waals surface area contributed by atoms with E-state index in [0.29, 0.717) is 31.9 Å². The van der Waals surface area contributed by atoms with Gasteiger partial charge in [-0.1, -0.05) is 42.5 Å². The lowest BCUT2D eigenvalue weighted by atomic mass is 10.1. The Labute approximate surface area is 177 Å². The molecule has 0 unspecified atom stereocenters. The average Bonchev–Trinajstić information content (AvgIpc) is 2.68. The number of hydrogen-bond donors (Lipinski definition) is 2. The fraction of sp³-hybridized carbons (Fsp3) is 0.391. The van der Waals surface area contributed by atoms with Crippen LogP contribution in [0.25, 0.3) is 0 Å². The molecule has 7 heteroatoms. The Morgan fingerprint density at radius 1 is 0.933 bits per heavy atom. The SMILES string of the molecule is CC(C)(C)OC(=O)NCCCOc1ccc(CC(=O)NOCc2ccccc2)cc1. The number of ether oxygens (including phenoxy) is 2. The summed E-state index contributed by atoms with van der Waals surface area (Å²) >= 11 is 0. The maximum atomic E-state index is 12.0. The molecule has 0 aliphatic rings. The number of carbonyl (C=O) groups excluding carboxylic acids is 2. The van der Waals surface area contributed by atoms with Crippen LogP contribution in [0.1, 0.15) is 38.3 Å². The molecule has 2 aromatic rings. The van der Waals surface area contributed by atoms with Crippen molar-refractivity contribution in [3.05, 3.63) is 65.7 Å². The van der Waals surface area contributed by atoms with Crippen LogP contribution in [0.2, 0.25) is 0 Å². The molecule has 2 rings (SSSR count). The second-order valence-corrected chi connectivity index (χ2v) is 7.75. The van der Waals surface area contributed by atoms with E-state index < -0.39 is 11.7 Å². The second-order valence-electron chi connectivity index (χ2n) is 7.75. The van der Waals surface area contributed by atoms with Crippen LogP contribution in [0.4, 0.5) is 4.79 Å². The van der Waals surface area contributed by atoms with Gasteiger partial charge in [-0.25, -0.2) is 10.3 Å². The van der Waals surface area contributed by atoms with Gasteiger partial charge in [-0.05, 0) is 50.5 Å². The van der Waals surface area contributed by atoms with Crippen molar-refractivity contribution in [1.82, 2.24) is 10.8 Å². The third kappa shape index (κ3) is 9.93. The monoisotopic (exact) mass is 414 g/mol. The molecule has 30 heavy (non-hydrogen) atoms. The zero-order chi connectivity index (χ0) is 21.8. The predicted octanol–water partition coefficient (Wildman–Crippen LogP) is 3.77. The van der Waals surface area contributed by atoms with Gasteiger partial charge >= 0.3 is 6.09 Å². The van der Waals surface area contributed by atoms with E-state index in [-0.39, 0.29) is 12.3 Å². The number of hydrogen-bond acceptors (Lipinski definition) is 5. The first kappa shape index (κ1) is 23.2. The largest absolute Gasteiger partial charge is 0.494 e. The molecule has 0 radical (unpaired) electrons. The summed E-state index contributed by atoms with van der Waals surface area (Å²) in [6.45, 7) is 6.71. The summed E-state index contributed by atoms with van der Waals surface area (Å²) in [6, 6.07) is 16.9. The van der Waals surface area contributed by atoms with Gasteiger partial charge in [-0.2, -0.15) is 0 Å². The van der Waals surface area contributed by atoms with E-state index in [2.05, 4.69) is 10.8 Å². The van der Waals surface area contributed by atoms with E-state index >= 15 is 0 Å². The lowest BCUT2D eigenvalue weighted by Gasteiger charge is -2.19. The zero-order valence-corrected chi connectivity index (χ0v) is 17.8. The average molecular weight is 415 g/mol. The van der Waals surface area contributed by atoms with E-state index in [0.717, 1.165) is 11.1 Å². The van der Waals surface area contributed by atoms with Crippen LogP contribution in [0.3, 0.4) is 0 Å². The quantitative estimate of drug-likeness (QED) is 0.457. The van der Waals surface area contributed by atoms with Crippen LogP contribution in [-0.4, -0.2) is 30.8 Å². The first-order chi connectivity index (χ1) is 14.3. The lowest BCUT2D eigenvalue weighted by Crippen LogP contribution is -2.33. The van der Waals surface area contributed by atoms with Crippen LogP contribution in [0, 0.1) is 0 Å². The third-order valence-corrected chi connectivity index (χ3v) is 3.81. The highest BCUT2D eigenvalue weighted by atomic mass is 16.6. The lowest BCUT2D eigenvalue weighted by molar-refractivity contribution is -0.133. The van der Waals surface area contributed by atoms with Crippen molar-refractivity contribution in [2.75, 3.05) is 13.2 Å². The fourth-order valence-corrected chi connectivity index (χ4v) is 2.47. The molecule has 7 nitrogen and oxygen atoms in total. The number of nitrogens with one attached hydrogen (secondary N) is 2. The topological polar surface area (TPSA) is 85.9 Å². The van der Waals surface area contributed by atoms with Crippen molar-refractivity contribution in [2.24, 2.45) is 0 Å². The standard InChI is InChI=1S/C23H30N2O5/c1-23(2,3)30-22(27)24-14-7-15-28-20-12-10-18(11-13-20)16-21(26)25-29-17-19-8-5-4-6-9-19/h4-6,8-13H,7,14-17H2,1-3H3,(H,24,27)(H,25,26). The first-order valence-corrected chi connectivity index (χ1v) is 9.95. The zero-order valence-electron chi connectivity index (χ0n) is 17.8. The third-order valence-electron chi connectivity index (χ3n) is 3.81. The van der Waals surface area contributed by atoms with E-state index in [9.17, 15) is 9.59 Å². The van der Waals surface area contributed by atoms with Crippen LogP contribution in [-0.2, 0) is 27.4 Å². The predicted molar refractivity (Wildman–Crippen MR) is 114 cm³/mol. The molecule has 2 amide bonds. The Morgan fingerprint density at radius 3 is 2.30 bits per heavy atom. The Balaban J connectivity index is 1.60. The number of amides is 2. The number of alkyl carbamates (subject to hydrolysis) is 1. The van der Waals surface area contributed by atoms with E-state index in [1.54, 1.807) is 0 Å². The number of benzene rings is 2. The van der Waals surface area contributed by atoms with Gasteiger partial charge < -0.3 is 14.8 Å². The molecule has 0 heterocycles. The first-order valence-electron chi connectivity index (χ1n) is 9.95. The molecule has 2 N–H and O–H groups in total. The minimum Gasteiger partial charge on any atom is -0.494 e. The Bertz CT molecular complexity index is 785. The fourth-order valence-electron chi connectivity index (χ4n) is 2.47. The van der Waals surface area contributed by atoms with Crippen LogP contribution in [0.15, 0.2) is 54.6 Å². The molecular formula is C23H30N2O5. The highest BCUT2D eigenvalue weighted by Crippen LogP contribution is 2.13. The summed E-state index contributed by atoms with van der Waals surface area (Å²) in [6.07, 6.45) is 0.440. The molecule has 0 aliphatic heterocycles. The van der Waals surface area contributed by atoms with Crippen LogP contribution >= 0.6 is 0 Å². The molecule has 0 saturated heterocycles. The highest BCUT2D eigenvalue weighted by Gasteiger charge is 2.15. The van der Waals surface area contributed by atoms with Crippen LogP contribution < -0.4 is 15.5 Å². The van der Waals surface area contributed by atoms with Gasteiger partial charge in [-0.15, -0.1) is 0 Å². The molecule has 0 bridgehead atoms. The van der Waals surface area contributed by atoms with Gasteiger partial charge in [0.1, 0.15) is 11.4 Å². The molecule has 162 valence electrons. The van der Waals surface area contributed by atoms with Gasteiger partial charge in [0.2, 0.25) is 5.91 Å².